The molecule has 0 amide bonds. The van der Waals surface area contributed by atoms with Crippen LogP contribution in [0.1, 0.15) is 29.1 Å². The molecule has 0 radical (unpaired) electrons. The van der Waals surface area contributed by atoms with Crippen LogP contribution in [0, 0.1) is 0 Å². The molecule has 0 aliphatic rings. The zero-order valence-electron chi connectivity index (χ0n) is 12.7. The highest BCUT2D eigenvalue weighted by molar-refractivity contribution is 7.13. The number of rotatable bonds is 7. The van der Waals surface area contributed by atoms with E-state index in [1.54, 1.807) is 24.3 Å². The number of carbonyl (C=O) groups excluding carboxylic acids is 2. The molecule has 0 spiro atoms. The summed E-state index contributed by atoms with van der Waals surface area (Å²) in [5, 5.41) is 5.74. The van der Waals surface area contributed by atoms with E-state index in [9.17, 15) is 9.59 Å². The van der Waals surface area contributed by atoms with Gasteiger partial charge in [-0.25, -0.2) is 0 Å². The highest BCUT2D eigenvalue weighted by Crippen LogP contribution is 2.21. The van der Waals surface area contributed by atoms with Crippen LogP contribution in [-0.4, -0.2) is 21.9 Å². The Morgan fingerprint density at radius 3 is 2.67 bits per heavy atom. The van der Waals surface area contributed by atoms with E-state index < -0.39 is 5.97 Å². The number of aromatic nitrogens is 2. The number of thiophene rings is 1. The molecule has 0 N–H and O–H groups in total. The minimum atomic E-state index is -0.477. The average Bonchev–Trinajstić information content (AvgIpc) is 3.29. The van der Waals surface area contributed by atoms with Crippen molar-refractivity contribution in [2.75, 3.05) is 0 Å². The van der Waals surface area contributed by atoms with Crippen molar-refractivity contribution in [3.05, 3.63) is 59.3 Å². The molecule has 0 aliphatic carbocycles. The van der Waals surface area contributed by atoms with Crippen LogP contribution in [0.4, 0.5) is 0 Å². The lowest BCUT2D eigenvalue weighted by Crippen LogP contribution is -2.08. The SMILES string of the molecule is O=C(CCC(=O)c1ccccc1)OCc1nc(-c2cccs2)no1. The fraction of sp³-hybridized carbons (Fsp3) is 0.176. The van der Waals surface area contributed by atoms with Gasteiger partial charge < -0.3 is 9.26 Å². The summed E-state index contributed by atoms with van der Waals surface area (Å²) in [5.74, 6) is 0.122. The number of carbonyl (C=O) groups is 2. The lowest BCUT2D eigenvalue weighted by atomic mass is 10.1. The van der Waals surface area contributed by atoms with Gasteiger partial charge in [0.15, 0.2) is 12.4 Å². The largest absolute Gasteiger partial charge is 0.456 e. The summed E-state index contributed by atoms with van der Waals surface area (Å²) in [6.07, 6.45) is 0.118. The van der Waals surface area contributed by atoms with Crippen molar-refractivity contribution in [2.45, 2.75) is 19.4 Å². The first-order valence-corrected chi connectivity index (χ1v) is 8.20. The van der Waals surface area contributed by atoms with E-state index in [1.165, 1.54) is 11.3 Å². The number of Topliss-reactive ketones (excluding diaryl/α,β-unsaturated/α-hetero) is 1. The summed E-state index contributed by atoms with van der Waals surface area (Å²) < 4.78 is 10.1. The van der Waals surface area contributed by atoms with Crippen LogP contribution in [0.2, 0.25) is 0 Å². The molecule has 2 aromatic heterocycles. The second kappa shape index (κ2) is 7.65. The van der Waals surface area contributed by atoms with Gasteiger partial charge in [-0.2, -0.15) is 4.98 Å². The van der Waals surface area contributed by atoms with E-state index in [4.69, 9.17) is 9.26 Å². The van der Waals surface area contributed by atoms with Gasteiger partial charge in [-0.05, 0) is 11.4 Å². The molecule has 0 bridgehead atoms. The molecule has 0 saturated heterocycles. The molecular formula is C17H14N2O4S. The minimum Gasteiger partial charge on any atom is -0.456 e. The normalized spacial score (nSPS) is 10.5. The van der Waals surface area contributed by atoms with Crippen LogP contribution in [-0.2, 0) is 16.1 Å². The van der Waals surface area contributed by atoms with Gasteiger partial charge in [-0.1, -0.05) is 41.6 Å². The Labute approximate surface area is 142 Å². The minimum absolute atomic E-state index is 0.0135. The van der Waals surface area contributed by atoms with Crippen LogP contribution < -0.4 is 0 Å². The van der Waals surface area contributed by atoms with Crippen molar-refractivity contribution in [1.82, 2.24) is 10.1 Å². The number of esters is 1. The van der Waals surface area contributed by atoms with E-state index >= 15 is 0 Å². The number of hydrogen-bond donors (Lipinski definition) is 0. The predicted octanol–water partition coefficient (Wildman–Crippen LogP) is 3.50. The van der Waals surface area contributed by atoms with E-state index in [0.717, 1.165) is 4.88 Å². The molecule has 0 saturated carbocycles. The molecule has 0 atom stereocenters. The highest BCUT2D eigenvalue weighted by atomic mass is 32.1. The summed E-state index contributed by atoms with van der Waals surface area (Å²) in [5.41, 5.74) is 0.586. The standard InChI is InChI=1S/C17H14N2O4S/c20-13(12-5-2-1-3-6-12)8-9-16(21)22-11-15-18-17(19-23-15)14-7-4-10-24-14/h1-7,10H,8-9,11H2. The fourth-order valence-corrected chi connectivity index (χ4v) is 2.67. The van der Waals surface area contributed by atoms with Gasteiger partial charge in [0, 0.05) is 12.0 Å². The maximum atomic E-state index is 11.9. The molecule has 122 valence electrons. The Morgan fingerprint density at radius 1 is 1.08 bits per heavy atom. The third-order valence-corrected chi connectivity index (χ3v) is 4.08. The molecule has 3 aromatic rings. The number of ether oxygens (including phenoxy) is 1. The quantitative estimate of drug-likeness (QED) is 0.483. The molecule has 0 aliphatic heterocycles. The lowest BCUT2D eigenvalue weighted by Gasteiger charge is -2.02. The molecule has 3 rings (SSSR count). The molecular weight excluding hydrogens is 328 g/mol. The maximum Gasteiger partial charge on any atom is 0.306 e. The molecule has 0 fully saturated rings. The fourth-order valence-electron chi connectivity index (χ4n) is 2.02. The Morgan fingerprint density at radius 2 is 1.92 bits per heavy atom. The van der Waals surface area contributed by atoms with Crippen LogP contribution in [0.25, 0.3) is 10.7 Å². The summed E-state index contributed by atoms with van der Waals surface area (Å²) in [7, 11) is 0. The lowest BCUT2D eigenvalue weighted by molar-refractivity contribution is -0.145. The highest BCUT2D eigenvalue weighted by Gasteiger charge is 2.13. The van der Waals surface area contributed by atoms with Gasteiger partial charge >= 0.3 is 5.97 Å². The Kier molecular flexibility index (Phi) is 5.12. The van der Waals surface area contributed by atoms with Crippen molar-refractivity contribution >= 4 is 23.1 Å². The zero-order valence-corrected chi connectivity index (χ0v) is 13.5. The van der Waals surface area contributed by atoms with Crippen LogP contribution in [0.3, 0.4) is 0 Å². The Bertz CT molecular complexity index is 812. The van der Waals surface area contributed by atoms with Gasteiger partial charge in [0.2, 0.25) is 5.82 Å². The third kappa shape index (κ3) is 4.14. The molecule has 2 heterocycles. The summed E-state index contributed by atoms with van der Waals surface area (Å²) in [6.45, 7) is -0.100. The second-order valence-electron chi connectivity index (χ2n) is 4.94. The molecule has 1 aromatic carbocycles. The van der Waals surface area contributed by atoms with Crippen LogP contribution in [0.15, 0.2) is 52.4 Å². The van der Waals surface area contributed by atoms with Gasteiger partial charge in [0.05, 0.1) is 11.3 Å². The first-order chi connectivity index (χ1) is 11.7. The van der Waals surface area contributed by atoms with Crippen molar-refractivity contribution in [1.29, 1.82) is 0 Å². The topological polar surface area (TPSA) is 82.3 Å². The third-order valence-electron chi connectivity index (χ3n) is 3.22. The monoisotopic (exact) mass is 342 g/mol. The van der Waals surface area contributed by atoms with E-state index in [1.807, 2.05) is 23.6 Å². The molecule has 6 nitrogen and oxygen atoms in total. The number of benzene rings is 1. The van der Waals surface area contributed by atoms with Gasteiger partial charge in [0.1, 0.15) is 0 Å². The molecule has 24 heavy (non-hydrogen) atoms. The number of nitrogens with zero attached hydrogens (tertiary/aromatic N) is 2. The number of hydrogen-bond acceptors (Lipinski definition) is 7. The van der Waals surface area contributed by atoms with Gasteiger partial charge in [-0.3, -0.25) is 9.59 Å². The van der Waals surface area contributed by atoms with E-state index in [2.05, 4.69) is 10.1 Å². The Balaban J connectivity index is 1.45. The molecule has 0 unspecified atom stereocenters. The Hall–Kier alpha value is -2.80. The second-order valence-corrected chi connectivity index (χ2v) is 5.89. The zero-order chi connectivity index (χ0) is 16.8. The van der Waals surface area contributed by atoms with Crippen LogP contribution >= 0.6 is 11.3 Å². The first-order valence-electron chi connectivity index (χ1n) is 7.33. The first kappa shape index (κ1) is 16.1. The molecule has 7 heteroatoms. The van der Waals surface area contributed by atoms with Crippen molar-refractivity contribution in [2.24, 2.45) is 0 Å². The maximum absolute atomic E-state index is 11.9. The average molecular weight is 342 g/mol. The van der Waals surface area contributed by atoms with Crippen molar-refractivity contribution < 1.29 is 18.8 Å². The smallest absolute Gasteiger partial charge is 0.306 e. The van der Waals surface area contributed by atoms with Crippen LogP contribution in [0.5, 0.6) is 0 Å². The van der Waals surface area contributed by atoms with Gasteiger partial charge in [0.25, 0.3) is 5.89 Å². The van der Waals surface area contributed by atoms with Crippen molar-refractivity contribution in [3.8, 4) is 10.7 Å². The van der Waals surface area contributed by atoms with E-state index in [-0.39, 0.29) is 31.1 Å². The number of ketones is 1. The van der Waals surface area contributed by atoms with E-state index in [0.29, 0.717) is 11.4 Å². The summed E-state index contributed by atoms with van der Waals surface area (Å²) >= 11 is 1.49. The summed E-state index contributed by atoms with van der Waals surface area (Å²) in [4.78, 5) is 28.7. The van der Waals surface area contributed by atoms with Crippen molar-refractivity contribution in [3.63, 3.8) is 0 Å². The predicted molar refractivity (Wildman–Crippen MR) is 87.4 cm³/mol. The summed E-state index contributed by atoms with van der Waals surface area (Å²) in [6, 6.07) is 12.6. The van der Waals surface area contributed by atoms with Gasteiger partial charge in [-0.15, -0.1) is 11.3 Å².